The van der Waals surface area contributed by atoms with E-state index in [1.807, 2.05) is 13.0 Å². The Morgan fingerprint density at radius 1 is 1.38 bits per heavy atom. The third kappa shape index (κ3) is 4.44. The lowest BCUT2D eigenvalue weighted by molar-refractivity contribution is 0.00363. The average molecular weight is 293 g/mol. The van der Waals surface area contributed by atoms with E-state index in [1.54, 1.807) is 12.1 Å². The number of rotatable bonds is 6. The van der Waals surface area contributed by atoms with Crippen LogP contribution in [0.2, 0.25) is 0 Å². The fourth-order valence-electron chi connectivity index (χ4n) is 2.87. The molecule has 0 aromatic heterocycles. The maximum Gasteiger partial charge on any atom is 0.492 e. The van der Waals surface area contributed by atoms with E-state index in [-0.39, 0.29) is 0 Å². The number of likely N-dealkylation sites (tertiary alicyclic amines) is 1. The molecule has 1 aliphatic rings. The lowest BCUT2D eigenvalue weighted by Gasteiger charge is -2.32. The van der Waals surface area contributed by atoms with Crippen LogP contribution in [0.25, 0.3) is 0 Å². The van der Waals surface area contributed by atoms with E-state index < -0.39 is 7.12 Å². The van der Waals surface area contributed by atoms with Crippen LogP contribution in [0.3, 0.4) is 0 Å². The molecule has 2 rings (SSSR count). The van der Waals surface area contributed by atoms with Gasteiger partial charge in [0.1, 0.15) is 5.75 Å². The standard InChI is InChI=1S/C15H24BNO4/c1-3-21-13-5-4-8-17(11-13)10-12-6-7-15(20-2)14(9-12)16(18)19/h6-7,9,13,18-19H,3-5,8,10-11H2,1-2H3. The average Bonchev–Trinajstić information content (AvgIpc) is 2.48. The van der Waals surface area contributed by atoms with Crippen molar-refractivity contribution in [1.82, 2.24) is 4.90 Å². The van der Waals surface area contributed by atoms with E-state index in [0.29, 0.717) is 17.3 Å². The van der Waals surface area contributed by atoms with Crippen molar-refractivity contribution in [3.63, 3.8) is 0 Å². The van der Waals surface area contributed by atoms with Gasteiger partial charge in [-0.25, -0.2) is 0 Å². The second-order valence-corrected chi connectivity index (χ2v) is 5.40. The highest BCUT2D eigenvalue weighted by Crippen LogP contribution is 2.17. The first kappa shape index (κ1) is 16.3. The van der Waals surface area contributed by atoms with Gasteiger partial charge in [0.25, 0.3) is 0 Å². The van der Waals surface area contributed by atoms with E-state index in [1.165, 1.54) is 7.11 Å². The highest BCUT2D eigenvalue weighted by atomic mass is 16.5. The van der Waals surface area contributed by atoms with Gasteiger partial charge in [-0.05, 0) is 37.9 Å². The fourth-order valence-corrected chi connectivity index (χ4v) is 2.87. The Labute approximate surface area is 126 Å². The van der Waals surface area contributed by atoms with Crippen molar-refractivity contribution in [3.8, 4) is 5.75 Å². The molecule has 2 N–H and O–H groups in total. The monoisotopic (exact) mass is 293 g/mol. The van der Waals surface area contributed by atoms with Crippen molar-refractivity contribution in [3.05, 3.63) is 23.8 Å². The molecule has 1 aromatic rings. The van der Waals surface area contributed by atoms with Gasteiger partial charge >= 0.3 is 7.12 Å². The normalized spacial score (nSPS) is 19.5. The van der Waals surface area contributed by atoms with Crippen molar-refractivity contribution < 1.29 is 19.5 Å². The number of piperidine rings is 1. The minimum absolute atomic E-state index is 0.310. The summed E-state index contributed by atoms with van der Waals surface area (Å²) >= 11 is 0. The molecule has 1 saturated heterocycles. The third-order valence-electron chi connectivity index (χ3n) is 3.84. The van der Waals surface area contributed by atoms with Gasteiger partial charge in [0.05, 0.1) is 13.2 Å². The van der Waals surface area contributed by atoms with Gasteiger partial charge in [-0.3, -0.25) is 4.90 Å². The van der Waals surface area contributed by atoms with E-state index in [9.17, 15) is 10.0 Å². The fraction of sp³-hybridized carbons (Fsp3) is 0.600. The maximum absolute atomic E-state index is 9.42. The first-order valence-electron chi connectivity index (χ1n) is 7.51. The summed E-state index contributed by atoms with van der Waals surface area (Å²) in [6.45, 7) is 5.54. The molecule has 1 heterocycles. The van der Waals surface area contributed by atoms with Gasteiger partial charge in [0.15, 0.2) is 0 Å². The van der Waals surface area contributed by atoms with E-state index in [2.05, 4.69) is 4.90 Å². The molecule has 1 fully saturated rings. The van der Waals surface area contributed by atoms with Crippen molar-refractivity contribution in [2.75, 3.05) is 26.8 Å². The van der Waals surface area contributed by atoms with E-state index in [4.69, 9.17) is 9.47 Å². The Morgan fingerprint density at radius 3 is 2.86 bits per heavy atom. The molecule has 21 heavy (non-hydrogen) atoms. The van der Waals surface area contributed by atoms with Crippen LogP contribution in [-0.4, -0.2) is 55.0 Å². The highest BCUT2D eigenvalue weighted by Gasteiger charge is 2.22. The van der Waals surface area contributed by atoms with Crippen LogP contribution in [-0.2, 0) is 11.3 Å². The maximum atomic E-state index is 9.42. The third-order valence-corrected chi connectivity index (χ3v) is 3.84. The summed E-state index contributed by atoms with van der Waals surface area (Å²) < 4.78 is 10.9. The van der Waals surface area contributed by atoms with Gasteiger partial charge in [-0.15, -0.1) is 0 Å². The van der Waals surface area contributed by atoms with Crippen molar-refractivity contribution in [2.24, 2.45) is 0 Å². The minimum atomic E-state index is -1.52. The number of ether oxygens (including phenoxy) is 2. The molecule has 1 unspecified atom stereocenters. The molecule has 116 valence electrons. The van der Waals surface area contributed by atoms with Crippen molar-refractivity contribution in [1.29, 1.82) is 0 Å². The SMILES string of the molecule is CCOC1CCCN(Cc2ccc(OC)c(B(O)O)c2)C1. The number of hydrogen-bond acceptors (Lipinski definition) is 5. The lowest BCUT2D eigenvalue weighted by atomic mass is 9.78. The molecular weight excluding hydrogens is 269 g/mol. The first-order chi connectivity index (χ1) is 10.1. The van der Waals surface area contributed by atoms with Crippen LogP contribution in [0, 0.1) is 0 Å². The van der Waals surface area contributed by atoms with E-state index in [0.717, 1.165) is 44.6 Å². The molecule has 1 aromatic carbocycles. The Kier molecular flexibility index (Phi) is 6.05. The molecule has 0 spiro atoms. The van der Waals surface area contributed by atoms with Crippen LogP contribution < -0.4 is 10.2 Å². The molecule has 5 nitrogen and oxygen atoms in total. The minimum Gasteiger partial charge on any atom is -0.497 e. The Balaban J connectivity index is 2.03. The largest absolute Gasteiger partial charge is 0.497 e. The summed E-state index contributed by atoms with van der Waals surface area (Å²) in [6.07, 6.45) is 2.56. The molecule has 0 radical (unpaired) electrons. The highest BCUT2D eigenvalue weighted by molar-refractivity contribution is 6.59. The van der Waals surface area contributed by atoms with Gasteiger partial charge in [0, 0.05) is 25.2 Å². The summed E-state index contributed by atoms with van der Waals surface area (Å²) in [6, 6.07) is 5.55. The van der Waals surface area contributed by atoms with Crippen LogP contribution >= 0.6 is 0 Å². The Bertz CT molecular complexity index is 453. The summed E-state index contributed by atoms with van der Waals surface area (Å²) in [5.41, 5.74) is 1.46. The molecular formula is C15H24BNO4. The first-order valence-corrected chi connectivity index (χ1v) is 7.51. The quantitative estimate of drug-likeness (QED) is 0.742. The van der Waals surface area contributed by atoms with Gasteiger partial charge in [0.2, 0.25) is 0 Å². The summed E-state index contributed by atoms with van der Waals surface area (Å²) in [5, 5.41) is 18.8. The molecule has 1 atom stereocenters. The van der Waals surface area contributed by atoms with Crippen LogP contribution in [0.15, 0.2) is 18.2 Å². The van der Waals surface area contributed by atoms with Crippen LogP contribution in [0.5, 0.6) is 5.75 Å². The topological polar surface area (TPSA) is 62.2 Å². The molecule has 6 heteroatoms. The summed E-state index contributed by atoms with van der Waals surface area (Å²) in [4.78, 5) is 2.35. The second kappa shape index (κ2) is 7.80. The van der Waals surface area contributed by atoms with Gasteiger partial charge in [-0.1, -0.05) is 12.1 Å². The number of hydrogen-bond donors (Lipinski definition) is 2. The predicted octanol–water partition coefficient (Wildman–Crippen LogP) is 0.376. The second-order valence-electron chi connectivity index (χ2n) is 5.40. The van der Waals surface area contributed by atoms with Gasteiger partial charge < -0.3 is 19.5 Å². The molecule has 0 amide bonds. The van der Waals surface area contributed by atoms with Crippen LogP contribution in [0.4, 0.5) is 0 Å². The molecule has 0 saturated carbocycles. The summed E-state index contributed by atoms with van der Waals surface area (Å²) in [7, 11) is 0.00973. The van der Waals surface area contributed by atoms with Gasteiger partial charge in [-0.2, -0.15) is 0 Å². The Hall–Kier alpha value is -1.08. The predicted molar refractivity (Wildman–Crippen MR) is 82.7 cm³/mol. The number of benzene rings is 1. The number of methoxy groups -OCH3 is 1. The summed E-state index contributed by atoms with van der Waals surface area (Å²) in [5.74, 6) is 0.500. The lowest BCUT2D eigenvalue weighted by Crippen LogP contribution is -2.39. The Morgan fingerprint density at radius 2 is 2.19 bits per heavy atom. The van der Waals surface area contributed by atoms with E-state index >= 15 is 0 Å². The zero-order chi connectivity index (χ0) is 15.2. The molecule has 0 aliphatic carbocycles. The van der Waals surface area contributed by atoms with Crippen molar-refractivity contribution >= 4 is 12.6 Å². The van der Waals surface area contributed by atoms with Crippen molar-refractivity contribution in [2.45, 2.75) is 32.4 Å². The molecule has 0 bridgehead atoms. The molecule has 1 aliphatic heterocycles. The smallest absolute Gasteiger partial charge is 0.492 e. The zero-order valence-corrected chi connectivity index (χ0v) is 12.8. The number of nitrogens with zero attached hydrogens (tertiary/aromatic N) is 1. The van der Waals surface area contributed by atoms with Crippen LogP contribution in [0.1, 0.15) is 25.3 Å². The zero-order valence-electron chi connectivity index (χ0n) is 12.8.